The molecule has 0 aliphatic rings. The highest BCUT2D eigenvalue weighted by atomic mass is 32.2. The summed E-state index contributed by atoms with van der Waals surface area (Å²) in [6.07, 6.45) is 1.11. The molecular weight excluding hydrogens is 314 g/mol. The Bertz CT molecular complexity index is 698. The molecule has 0 saturated carbocycles. The van der Waals surface area contributed by atoms with Gasteiger partial charge in [-0.05, 0) is 18.6 Å². The van der Waals surface area contributed by atoms with Crippen molar-refractivity contribution in [1.82, 2.24) is 0 Å². The Balaban J connectivity index is 1.77. The molecule has 0 bridgehead atoms. The van der Waals surface area contributed by atoms with E-state index >= 15 is 0 Å². The lowest BCUT2D eigenvalue weighted by Gasteiger charge is -2.02. The van der Waals surface area contributed by atoms with Gasteiger partial charge >= 0.3 is 0 Å². The third-order valence-electron chi connectivity index (χ3n) is 3.16. The molecule has 118 valence electrons. The van der Waals surface area contributed by atoms with E-state index < -0.39 is 4.92 Å². The summed E-state index contributed by atoms with van der Waals surface area (Å²) in [4.78, 5) is 34.5. The smallest absolute Gasteiger partial charge is 0.269 e. The minimum Gasteiger partial charge on any atom is -0.294 e. The second-order valence-corrected chi connectivity index (χ2v) is 6.00. The molecule has 0 radical (unpaired) electrons. The molecule has 0 spiro atoms. The Morgan fingerprint density at radius 2 is 1.61 bits per heavy atom. The maximum atomic E-state index is 11.9. The molecule has 0 atom stereocenters. The normalized spacial score (nSPS) is 10.3. The Labute approximate surface area is 137 Å². The summed E-state index contributed by atoms with van der Waals surface area (Å²) >= 11 is 1.04. The maximum absolute atomic E-state index is 11.9. The van der Waals surface area contributed by atoms with Crippen LogP contribution in [-0.2, 0) is 4.79 Å². The molecule has 5 nitrogen and oxygen atoms in total. The number of non-ortho nitro benzene ring substituents is 1. The predicted molar refractivity (Wildman–Crippen MR) is 88.6 cm³/mol. The number of carbonyl (C=O) groups excluding carboxylic acids is 2. The lowest BCUT2D eigenvalue weighted by atomic mass is 10.1. The van der Waals surface area contributed by atoms with Crippen LogP contribution in [0.3, 0.4) is 0 Å². The Morgan fingerprint density at radius 1 is 0.957 bits per heavy atom. The SMILES string of the molecule is O=C(CCCC(=O)c1ccccc1)Sc1ccc([N+](=O)[O-])cc1. The second-order valence-electron chi connectivity index (χ2n) is 4.87. The van der Waals surface area contributed by atoms with Crippen molar-refractivity contribution in [3.63, 3.8) is 0 Å². The fraction of sp³-hybridized carbons (Fsp3) is 0.176. The fourth-order valence-electron chi connectivity index (χ4n) is 1.98. The molecule has 2 aromatic carbocycles. The van der Waals surface area contributed by atoms with Gasteiger partial charge in [0.05, 0.1) is 4.92 Å². The molecule has 6 heteroatoms. The summed E-state index contributed by atoms with van der Waals surface area (Å²) in [5, 5.41) is 10.5. The van der Waals surface area contributed by atoms with Gasteiger partial charge < -0.3 is 0 Å². The molecule has 0 aliphatic carbocycles. The third-order valence-corrected chi connectivity index (χ3v) is 4.10. The first kappa shape index (κ1) is 16.9. The summed E-state index contributed by atoms with van der Waals surface area (Å²) in [5.41, 5.74) is 0.651. The first-order chi connectivity index (χ1) is 11.1. The number of rotatable bonds is 7. The summed E-state index contributed by atoms with van der Waals surface area (Å²) in [5.74, 6) is 0.0266. The Morgan fingerprint density at radius 3 is 2.22 bits per heavy atom. The van der Waals surface area contributed by atoms with Gasteiger partial charge in [-0.15, -0.1) is 0 Å². The quantitative estimate of drug-likeness (QED) is 0.328. The Kier molecular flexibility index (Phi) is 6.05. The van der Waals surface area contributed by atoms with Gasteiger partial charge in [0.1, 0.15) is 0 Å². The molecule has 0 heterocycles. The lowest BCUT2D eigenvalue weighted by molar-refractivity contribution is -0.384. The molecule has 0 aromatic heterocycles. The third kappa shape index (κ3) is 5.34. The molecule has 0 amide bonds. The number of hydrogen-bond acceptors (Lipinski definition) is 5. The highest BCUT2D eigenvalue weighted by Crippen LogP contribution is 2.24. The largest absolute Gasteiger partial charge is 0.294 e. The van der Waals surface area contributed by atoms with Gasteiger partial charge in [0, 0.05) is 35.4 Å². The van der Waals surface area contributed by atoms with Crippen LogP contribution in [-0.4, -0.2) is 15.8 Å². The number of ketones is 1. The van der Waals surface area contributed by atoms with E-state index in [1.165, 1.54) is 12.1 Å². The number of benzene rings is 2. The zero-order valence-electron chi connectivity index (χ0n) is 12.3. The van der Waals surface area contributed by atoms with Crippen molar-refractivity contribution < 1.29 is 14.5 Å². The van der Waals surface area contributed by atoms with Crippen LogP contribution >= 0.6 is 11.8 Å². The zero-order valence-corrected chi connectivity index (χ0v) is 13.1. The maximum Gasteiger partial charge on any atom is 0.269 e. The van der Waals surface area contributed by atoms with Crippen molar-refractivity contribution in [2.24, 2.45) is 0 Å². The molecule has 23 heavy (non-hydrogen) atoms. The van der Waals surface area contributed by atoms with Gasteiger partial charge in [0.15, 0.2) is 10.9 Å². The van der Waals surface area contributed by atoms with E-state index in [2.05, 4.69) is 0 Å². The van der Waals surface area contributed by atoms with Gasteiger partial charge in [-0.3, -0.25) is 19.7 Å². The van der Waals surface area contributed by atoms with E-state index in [9.17, 15) is 19.7 Å². The van der Waals surface area contributed by atoms with E-state index in [1.807, 2.05) is 18.2 Å². The fourth-order valence-corrected chi connectivity index (χ4v) is 2.76. The van der Waals surface area contributed by atoms with Crippen molar-refractivity contribution in [2.75, 3.05) is 0 Å². The van der Waals surface area contributed by atoms with Gasteiger partial charge in [0.2, 0.25) is 0 Å². The molecule has 0 saturated heterocycles. The van der Waals surface area contributed by atoms with E-state index in [1.54, 1.807) is 24.3 Å². The second kappa shape index (κ2) is 8.24. The average Bonchev–Trinajstić information content (AvgIpc) is 2.56. The summed E-state index contributed by atoms with van der Waals surface area (Å²) in [6.45, 7) is 0. The van der Waals surface area contributed by atoms with Crippen molar-refractivity contribution in [3.8, 4) is 0 Å². The van der Waals surface area contributed by atoms with Crippen LogP contribution in [0.4, 0.5) is 5.69 Å². The van der Waals surface area contributed by atoms with Crippen molar-refractivity contribution in [1.29, 1.82) is 0 Å². The molecule has 0 fully saturated rings. The standard InChI is InChI=1S/C17H15NO4S/c19-16(13-5-2-1-3-6-13)7-4-8-17(20)23-15-11-9-14(10-12-15)18(21)22/h1-3,5-6,9-12H,4,7-8H2. The molecule has 2 rings (SSSR count). The zero-order chi connectivity index (χ0) is 16.7. The average molecular weight is 329 g/mol. The van der Waals surface area contributed by atoms with E-state index in [0.717, 1.165) is 11.8 Å². The van der Waals surface area contributed by atoms with Gasteiger partial charge in [-0.25, -0.2) is 0 Å². The Hall–Kier alpha value is -2.47. The number of Topliss-reactive ketones (excluding diaryl/α,β-unsaturated/α-hetero) is 1. The summed E-state index contributed by atoms with van der Waals surface area (Å²) in [6, 6.07) is 14.8. The highest BCUT2D eigenvalue weighted by Gasteiger charge is 2.10. The van der Waals surface area contributed by atoms with Crippen LogP contribution in [0.2, 0.25) is 0 Å². The lowest BCUT2D eigenvalue weighted by Crippen LogP contribution is -2.00. The van der Waals surface area contributed by atoms with E-state index in [0.29, 0.717) is 29.7 Å². The molecular formula is C17H15NO4S. The molecule has 0 aliphatic heterocycles. The van der Waals surface area contributed by atoms with E-state index in [-0.39, 0.29) is 16.6 Å². The monoisotopic (exact) mass is 329 g/mol. The van der Waals surface area contributed by atoms with Crippen molar-refractivity contribution in [3.05, 3.63) is 70.3 Å². The number of nitro benzene ring substituents is 1. The molecule has 2 aromatic rings. The topological polar surface area (TPSA) is 77.3 Å². The van der Waals surface area contributed by atoms with Crippen LogP contribution in [0.25, 0.3) is 0 Å². The van der Waals surface area contributed by atoms with Gasteiger partial charge in [0.25, 0.3) is 5.69 Å². The number of hydrogen-bond donors (Lipinski definition) is 0. The highest BCUT2D eigenvalue weighted by molar-refractivity contribution is 8.13. The van der Waals surface area contributed by atoms with E-state index in [4.69, 9.17) is 0 Å². The predicted octanol–water partition coefficient (Wildman–Crippen LogP) is 4.27. The van der Waals surface area contributed by atoms with Crippen LogP contribution in [0.1, 0.15) is 29.6 Å². The molecule has 0 unspecified atom stereocenters. The number of nitrogens with zero attached hydrogens (tertiary/aromatic N) is 1. The minimum atomic E-state index is -0.481. The van der Waals surface area contributed by atoms with Gasteiger partial charge in [-0.1, -0.05) is 42.1 Å². The first-order valence-electron chi connectivity index (χ1n) is 7.09. The van der Waals surface area contributed by atoms with Crippen LogP contribution in [0, 0.1) is 10.1 Å². The number of nitro groups is 1. The molecule has 0 N–H and O–H groups in total. The van der Waals surface area contributed by atoms with Crippen LogP contribution in [0.5, 0.6) is 0 Å². The first-order valence-corrected chi connectivity index (χ1v) is 7.91. The number of thioether (sulfide) groups is 1. The number of carbonyl (C=O) groups is 2. The van der Waals surface area contributed by atoms with Crippen LogP contribution in [0.15, 0.2) is 59.5 Å². The summed E-state index contributed by atoms with van der Waals surface area (Å²) in [7, 11) is 0. The van der Waals surface area contributed by atoms with Crippen molar-refractivity contribution in [2.45, 2.75) is 24.2 Å². The minimum absolute atomic E-state index is 0.00439. The van der Waals surface area contributed by atoms with Gasteiger partial charge in [-0.2, -0.15) is 0 Å². The summed E-state index contributed by atoms with van der Waals surface area (Å²) < 4.78 is 0. The van der Waals surface area contributed by atoms with Crippen molar-refractivity contribution >= 4 is 28.3 Å². The van der Waals surface area contributed by atoms with Crippen LogP contribution < -0.4 is 0 Å².